The van der Waals surface area contributed by atoms with Gasteiger partial charge in [0.1, 0.15) is 0 Å². The van der Waals surface area contributed by atoms with Crippen LogP contribution in [0.1, 0.15) is 5.56 Å². The maximum Gasteiger partial charge on any atom is 0.0426 e. The first kappa shape index (κ1) is 11.3. The third-order valence-corrected chi connectivity index (χ3v) is 2.09. The Balaban J connectivity index is 0.000001000. The van der Waals surface area contributed by atoms with E-state index in [1.165, 1.54) is 0 Å². The highest BCUT2D eigenvalue weighted by Gasteiger charge is 1.96. The van der Waals surface area contributed by atoms with Crippen molar-refractivity contribution in [3.63, 3.8) is 0 Å². The first-order valence-electron chi connectivity index (χ1n) is 2.84. The molecule has 0 amide bonds. The van der Waals surface area contributed by atoms with E-state index in [0.29, 0.717) is 5.02 Å². The topological polar surface area (TPSA) is 26.0 Å². The molecule has 0 unspecified atom stereocenters. The first-order valence-corrected chi connectivity index (χ1v) is 4.34. The fourth-order valence-electron chi connectivity index (χ4n) is 0.687. The number of halogens is 3. The third kappa shape index (κ3) is 3.01. The Morgan fingerprint density at radius 3 is 2.55 bits per heavy atom. The molecular weight excluding hydrogens is 293 g/mol. The number of benzene rings is 1. The molecule has 0 heterocycles. The average Bonchev–Trinajstić information content (AvgIpc) is 1.88. The summed E-state index contributed by atoms with van der Waals surface area (Å²) in [6, 6.07) is 5.49. The van der Waals surface area contributed by atoms with E-state index in [9.17, 15) is 0 Å². The van der Waals surface area contributed by atoms with Crippen LogP contribution < -0.4 is 5.73 Å². The first-order chi connectivity index (χ1) is 4.74. The SMILES string of the molecule is Br.Nc1cc(Cl)ccc1CBr. The van der Waals surface area contributed by atoms with E-state index in [4.69, 9.17) is 17.3 Å². The monoisotopic (exact) mass is 299 g/mol. The van der Waals surface area contributed by atoms with Gasteiger partial charge in [-0.05, 0) is 17.7 Å². The minimum atomic E-state index is 0. The minimum Gasteiger partial charge on any atom is -0.398 e. The summed E-state index contributed by atoms with van der Waals surface area (Å²) in [5, 5.41) is 1.46. The van der Waals surface area contributed by atoms with Crippen LogP contribution in [0.2, 0.25) is 5.02 Å². The number of nitrogens with two attached hydrogens (primary N) is 1. The predicted octanol–water partition coefficient (Wildman–Crippen LogP) is 3.40. The Labute approximate surface area is 89.8 Å². The van der Waals surface area contributed by atoms with Crippen LogP contribution in [0.5, 0.6) is 0 Å². The van der Waals surface area contributed by atoms with Crippen molar-refractivity contribution in [2.24, 2.45) is 0 Å². The van der Waals surface area contributed by atoms with Crippen molar-refractivity contribution in [1.82, 2.24) is 0 Å². The number of hydrogen-bond acceptors (Lipinski definition) is 1. The average molecular weight is 301 g/mol. The van der Waals surface area contributed by atoms with Crippen LogP contribution in [0.4, 0.5) is 5.69 Å². The molecule has 62 valence electrons. The van der Waals surface area contributed by atoms with Gasteiger partial charge in [-0.3, -0.25) is 0 Å². The molecule has 0 saturated carbocycles. The molecule has 11 heavy (non-hydrogen) atoms. The molecule has 0 saturated heterocycles. The van der Waals surface area contributed by atoms with Gasteiger partial charge in [-0.25, -0.2) is 0 Å². The molecule has 0 radical (unpaired) electrons. The van der Waals surface area contributed by atoms with Gasteiger partial charge < -0.3 is 5.73 Å². The van der Waals surface area contributed by atoms with Crippen LogP contribution >= 0.6 is 44.5 Å². The van der Waals surface area contributed by atoms with Gasteiger partial charge in [0.05, 0.1) is 0 Å². The zero-order valence-corrected chi connectivity index (χ0v) is 9.74. The van der Waals surface area contributed by atoms with Crippen LogP contribution in [0.15, 0.2) is 18.2 Å². The molecule has 0 bridgehead atoms. The maximum atomic E-state index is 5.68. The maximum absolute atomic E-state index is 5.68. The fourth-order valence-corrected chi connectivity index (χ4v) is 1.38. The summed E-state index contributed by atoms with van der Waals surface area (Å²) in [6.07, 6.45) is 0. The van der Waals surface area contributed by atoms with Crippen molar-refractivity contribution < 1.29 is 0 Å². The zero-order chi connectivity index (χ0) is 7.56. The highest BCUT2D eigenvalue weighted by atomic mass is 79.9. The van der Waals surface area contributed by atoms with Crippen LogP contribution in [0.25, 0.3) is 0 Å². The number of nitrogen functional groups attached to an aromatic ring is 1. The molecule has 0 aliphatic rings. The highest BCUT2D eigenvalue weighted by Crippen LogP contribution is 2.19. The molecule has 0 spiro atoms. The molecule has 0 atom stereocenters. The number of rotatable bonds is 1. The molecular formula is C7H8Br2ClN. The highest BCUT2D eigenvalue weighted by molar-refractivity contribution is 9.08. The Morgan fingerprint density at radius 2 is 2.09 bits per heavy atom. The van der Waals surface area contributed by atoms with E-state index >= 15 is 0 Å². The molecule has 2 N–H and O–H groups in total. The molecule has 1 nitrogen and oxygen atoms in total. The van der Waals surface area contributed by atoms with Crippen LogP contribution in [0.3, 0.4) is 0 Å². The van der Waals surface area contributed by atoms with Gasteiger partial charge in [0.15, 0.2) is 0 Å². The van der Waals surface area contributed by atoms with E-state index in [1.807, 2.05) is 12.1 Å². The van der Waals surface area contributed by atoms with Gasteiger partial charge >= 0.3 is 0 Å². The minimum absolute atomic E-state index is 0. The molecule has 0 aromatic heterocycles. The lowest BCUT2D eigenvalue weighted by Gasteiger charge is -2.00. The van der Waals surface area contributed by atoms with E-state index in [-0.39, 0.29) is 17.0 Å². The normalized spacial score (nSPS) is 8.91. The summed E-state index contributed by atoms with van der Waals surface area (Å²) >= 11 is 8.99. The van der Waals surface area contributed by atoms with Gasteiger partial charge in [-0.15, -0.1) is 17.0 Å². The number of hydrogen-bond donors (Lipinski definition) is 1. The van der Waals surface area contributed by atoms with Gasteiger partial charge in [0.25, 0.3) is 0 Å². The molecule has 0 aliphatic carbocycles. The van der Waals surface area contributed by atoms with Crippen molar-refractivity contribution in [1.29, 1.82) is 0 Å². The number of anilines is 1. The Morgan fingerprint density at radius 1 is 1.45 bits per heavy atom. The predicted molar refractivity (Wildman–Crippen MR) is 58.8 cm³/mol. The van der Waals surface area contributed by atoms with Crippen molar-refractivity contribution in [2.45, 2.75) is 5.33 Å². The molecule has 1 aromatic carbocycles. The van der Waals surface area contributed by atoms with Crippen molar-refractivity contribution in [3.05, 3.63) is 28.8 Å². The fraction of sp³-hybridized carbons (Fsp3) is 0.143. The second-order valence-corrected chi connectivity index (χ2v) is 2.97. The van der Waals surface area contributed by atoms with E-state index in [1.54, 1.807) is 6.07 Å². The van der Waals surface area contributed by atoms with Gasteiger partial charge in [0.2, 0.25) is 0 Å². The Kier molecular flexibility index (Phi) is 5.13. The summed E-state index contributed by atoms with van der Waals surface area (Å²) in [6.45, 7) is 0. The second kappa shape index (κ2) is 5.01. The van der Waals surface area contributed by atoms with E-state index in [0.717, 1.165) is 16.6 Å². The summed E-state index contributed by atoms with van der Waals surface area (Å²) in [4.78, 5) is 0. The summed E-state index contributed by atoms with van der Waals surface area (Å²) in [5.74, 6) is 0. The summed E-state index contributed by atoms with van der Waals surface area (Å²) in [5.41, 5.74) is 7.43. The second-order valence-electron chi connectivity index (χ2n) is 1.98. The Hall–Kier alpha value is 0.270. The van der Waals surface area contributed by atoms with Crippen molar-refractivity contribution >= 4 is 50.2 Å². The van der Waals surface area contributed by atoms with Crippen molar-refractivity contribution in [3.8, 4) is 0 Å². The smallest absolute Gasteiger partial charge is 0.0426 e. The third-order valence-electron chi connectivity index (χ3n) is 1.25. The lowest BCUT2D eigenvalue weighted by atomic mass is 10.2. The lowest BCUT2D eigenvalue weighted by molar-refractivity contribution is 1.44. The van der Waals surface area contributed by atoms with Gasteiger partial charge in [-0.2, -0.15) is 0 Å². The van der Waals surface area contributed by atoms with Crippen molar-refractivity contribution in [2.75, 3.05) is 5.73 Å². The Bertz CT molecular complexity index is 240. The van der Waals surface area contributed by atoms with Gasteiger partial charge in [0, 0.05) is 16.0 Å². The van der Waals surface area contributed by atoms with E-state index < -0.39 is 0 Å². The molecule has 4 heteroatoms. The lowest BCUT2D eigenvalue weighted by Crippen LogP contribution is -1.90. The summed E-state index contributed by atoms with van der Waals surface area (Å²) in [7, 11) is 0. The molecule has 0 aliphatic heterocycles. The standard InChI is InChI=1S/C7H7BrClN.BrH/c8-4-5-1-2-6(9)3-7(5)10;/h1-3H,4,10H2;1H. The van der Waals surface area contributed by atoms with Crippen LogP contribution in [-0.4, -0.2) is 0 Å². The molecule has 0 fully saturated rings. The van der Waals surface area contributed by atoms with Crippen LogP contribution in [-0.2, 0) is 5.33 Å². The quantitative estimate of drug-likeness (QED) is 0.624. The molecule has 1 rings (SSSR count). The van der Waals surface area contributed by atoms with E-state index in [2.05, 4.69) is 15.9 Å². The number of alkyl halides is 1. The van der Waals surface area contributed by atoms with Crippen LogP contribution in [0, 0.1) is 0 Å². The largest absolute Gasteiger partial charge is 0.398 e. The summed E-state index contributed by atoms with van der Waals surface area (Å²) < 4.78 is 0. The molecule has 1 aromatic rings. The zero-order valence-electron chi connectivity index (χ0n) is 5.68. The van der Waals surface area contributed by atoms with Gasteiger partial charge in [-0.1, -0.05) is 33.6 Å².